The van der Waals surface area contributed by atoms with Gasteiger partial charge in [0, 0.05) is 27.5 Å². The number of nitrogens with zero attached hydrogens (tertiary/aromatic N) is 5. The first-order valence-electron chi connectivity index (χ1n) is 16.8. The van der Waals surface area contributed by atoms with Crippen molar-refractivity contribution in [2.45, 2.75) is 0 Å². The highest BCUT2D eigenvalue weighted by Gasteiger charge is 2.20. The van der Waals surface area contributed by atoms with Gasteiger partial charge in [-0.05, 0) is 52.6 Å². The Kier molecular flexibility index (Phi) is 7.46. The number of fused-ring (bicyclic) bond motifs is 3. The van der Waals surface area contributed by atoms with Crippen LogP contribution in [0.25, 0.3) is 83.9 Å². The second-order valence-corrected chi connectivity index (χ2v) is 12.4. The zero-order valence-corrected chi connectivity index (χ0v) is 27.5. The maximum atomic E-state index is 9.70. The summed E-state index contributed by atoms with van der Waals surface area (Å²) in [5, 5.41) is 12.1. The summed E-state index contributed by atoms with van der Waals surface area (Å²) in [7, 11) is 0. The number of rotatable bonds is 6. The van der Waals surface area contributed by atoms with Crippen LogP contribution >= 0.6 is 0 Å². The van der Waals surface area contributed by atoms with E-state index in [1.165, 1.54) is 10.8 Å². The van der Waals surface area contributed by atoms with Gasteiger partial charge in [0.15, 0.2) is 17.5 Å². The highest BCUT2D eigenvalue weighted by atomic mass is 15.1. The van der Waals surface area contributed by atoms with Crippen molar-refractivity contribution in [3.63, 3.8) is 0 Å². The molecule has 2 aromatic heterocycles. The molecular weight excluding hydrogens is 623 g/mol. The lowest BCUT2D eigenvalue weighted by Crippen LogP contribution is -2.04. The minimum Gasteiger partial charge on any atom is -0.308 e. The summed E-state index contributed by atoms with van der Waals surface area (Å²) >= 11 is 0. The number of aromatic nitrogens is 4. The molecule has 0 aliphatic carbocycles. The minimum absolute atomic E-state index is 0.569. The molecular formula is C46H29N5. The van der Waals surface area contributed by atoms with E-state index in [-0.39, 0.29) is 0 Å². The molecule has 5 heteroatoms. The van der Waals surface area contributed by atoms with Gasteiger partial charge in [-0.3, -0.25) is 0 Å². The molecule has 0 aliphatic rings. The molecule has 2 heterocycles. The summed E-state index contributed by atoms with van der Waals surface area (Å²) in [4.78, 5) is 15.3. The summed E-state index contributed by atoms with van der Waals surface area (Å²) in [6.07, 6.45) is 0. The average molecular weight is 652 g/mol. The van der Waals surface area contributed by atoms with Gasteiger partial charge in [0.25, 0.3) is 0 Å². The van der Waals surface area contributed by atoms with Crippen LogP contribution in [0.3, 0.4) is 0 Å². The summed E-state index contributed by atoms with van der Waals surface area (Å²) in [5.74, 6) is 1.74. The van der Waals surface area contributed by atoms with Crippen LogP contribution in [0.4, 0.5) is 0 Å². The molecule has 0 aliphatic heterocycles. The van der Waals surface area contributed by atoms with Crippen molar-refractivity contribution >= 4 is 21.8 Å². The van der Waals surface area contributed by atoms with E-state index in [2.05, 4.69) is 102 Å². The summed E-state index contributed by atoms with van der Waals surface area (Å²) < 4.78 is 2.33. The second-order valence-electron chi connectivity index (χ2n) is 12.4. The molecule has 238 valence electrons. The lowest BCUT2D eigenvalue weighted by molar-refractivity contribution is 1.06. The van der Waals surface area contributed by atoms with Gasteiger partial charge in [0.05, 0.1) is 28.4 Å². The van der Waals surface area contributed by atoms with E-state index < -0.39 is 0 Å². The quantitative estimate of drug-likeness (QED) is 0.179. The first kappa shape index (κ1) is 29.9. The van der Waals surface area contributed by atoms with E-state index in [1.807, 2.05) is 84.9 Å². The molecule has 7 aromatic carbocycles. The van der Waals surface area contributed by atoms with Crippen molar-refractivity contribution in [3.05, 3.63) is 181 Å². The van der Waals surface area contributed by atoms with Crippen LogP contribution in [0, 0.1) is 11.3 Å². The van der Waals surface area contributed by atoms with Gasteiger partial charge in [-0.25, -0.2) is 15.0 Å². The summed E-state index contributed by atoms with van der Waals surface area (Å²) in [6.45, 7) is 0. The van der Waals surface area contributed by atoms with E-state index in [4.69, 9.17) is 15.0 Å². The van der Waals surface area contributed by atoms with Gasteiger partial charge in [0.2, 0.25) is 0 Å². The first-order valence-corrected chi connectivity index (χ1v) is 16.8. The second kappa shape index (κ2) is 12.7. The number of benzene rings is 7. The van der Waals surface area contributed by atoms with Crippen molar-refractivity contribution in [2.24, 2.45) is 0 Å². The Bertz CT molecular complexity index is 2690. The monoisotopic (exact) mass is 651 g/mol. The van der Waals surface area contributed by atoms with E-state index in [9.17, 15) is 5.26 Å². The Labute approximate surface area is 295 Å². The van der Waals surface area contributed by atoms with Gasteiger partial charge >= 0.3 is 0 Å². The van der Waals surface area contributed by atoms with Crippen LogP contribution in [0.1, 0.15) is 5.56 Å². The van der Waals surface area contributed by atoms with Crippen molar-refractivity contribution in [1.82, 2.24) is 19.5 Å². The van der Waals surface area contributed by atoms with Gasteiger partial charge in [-0.1, -0.05) is 146 Å². The van der Waals surface area contributed by atoms with Crippen LogP contribution in [0.5, 0.6) is 0 Å². The van der Waals surface area contributed by atoms with Gasteiger partial charge in [0.1, 0.15) is 0 Å². The van der Waals surface area contributed by atoms with Gasteiger partial charge in [-0.15, -0.1) is 0 Å². The molecule has 5 nitrogen and oxygen atoms in total. The Morgan fingerprint density at radius 1 is 0.392 bits per heavy atom. The van der Waals surface area contributed by atoms with Crippen LogP contribution in [0.15, 0.2) is 176 Å². The summed E-state index contributed by atoms with van der Waals surface area (Å²) in [5.41, 5.74) is 10.6. The van der Waals surface area contributed by atoms with Gasteiger partial charge < -0.3 is 4.57 Å². The predicted molar refractivity (Wildman–Crippen MR) is 206 cm³/mol. The minimum atomic E-state index is 0.569. The van der Waals surface area contributed by atoms with E-state index >= 15 is 0 Å². The van der Waals surface area contributed by atoms with Crippen molar-refractivity contribution < 1.29 is 0 Å². The molecule has 0 unspecified atom stereocenters. The number of hydrogen-bond acceptors (Lipinski definition) is 4. The fourth-order valence-corrected chi connectivity index (χ4v) is 6.87. The average Bonchev–Trinajstić information content (AvgIpc) is 3.55. The number of para-hydroxylation sites is 2. The summed E-state index contributed by atoms with van der Waals surface area (Å²) in [6, 6.07) is 62.1. The molecule has 9 aromatic rings. The molecule has 0 fully saturated rings. The Balaban J connectivity index is 1.28. The Hall–Kier alpha value is -7.16. The van der Waals surface area contributed by atoms with E-state index in [0.29, 0.717) is 23.0 Å². The molecule has 51 heavy (non-hydrogen) atoms. The van der Waals surface area contributed by atoms with Crippen LogP contribution < -0.4 is 0 Å². The standard InChI is InChI=1S/C46H29N5/c47-30-36-17-7-8-18-37(36)32-23-25-34(26-24-32)45-48-44(33-15-5-2-6-16-33)49-46(50-45)40-28-27-35(31-13-3-1-4-14-31)29-43(40)51-41-21-11-9-19-38(41)39-20-10-12-22-42(39)51/h1-29H. The molecule has 0 atom stereocenters. The lowest BCUT2D eigenvalue weighted by atomic mass is 9.99. The van der Waals surface area contributed by atoms with E-state index in [1.54, 1.807) is 0 Å². The third kappa shape index (κ3) is 5.42. The van der Waals surface area contributed by atoms with Crippen LogP contribution in [-0.2, 0) is 0 Å². The largest absolute Gasteiger partial charge is 0.308 e. The smallest absolute Gasteiger partial charge is 0.166 e. The lowest BCUT2D eigenvalue weighted by Gasteiger charge is -2.16. The third-order valence-electron chi connectivity index (χ3n) is 9.34. The third-order valence-corrected chi connectivity index (χ3v) is 9.34. The molecule has 0 amide bonds. The normalized spacial score (nSPS) is 11.1. The Morgan fingerprint density at radius 2 is 0.882 bits per heavy atom. The molecule has 0 saturated carbocycles. The van der Waals surface area contributed by atoms with Crippen molar-refractivity contribution in [3.8, 4) is 68.2 Å². The molecule has 0 saturated heterocycles. The number of hydrogen-bond donors (Lipinski definition) is 0. The van der Waals surface area contributed by atoms with Crippen molar-refractivity contribution in [2.75, 3.05) is 0 Å². The highest BCUT2D eigenvalue weighted by Crippen LogP contribution is 2.38. The maximum Gasteiger partial charge on any atom is 0.166 e. The zero-order valence-electron chi connectivity index (χ0n) is 27.5. The Morgan fingerprint density at radius 3 is 1.53 bits per heavy atom. The highest BCUT2D eigenvalue weighted by molar-refractivity contribution is 6.09. The molecule has 9 rings (SSSR count). The fourth-order valence-electron chi connectivity index (χ4n) is 6.87. The molecule has 0 radical (unpaired) electrons. The van der Waals surface area contributed by atoms with Crippen LogP contribution in [0.2, 0.25) is 0 Å². The topological polar surface area (TPSA) is 67.4 Å². The predicted octanol–water partition coefficient (Wildman–Crippen LogP) is 11.2. The van der Waals surface area contributed by atoms with Gasteiger partial charge in [-0.2, -0.15) is 5.26 Å². The molecule has 0 bridgehead atoms. The van der Waals surface area contributed by atoms with Crippen LogP contribution in [-0.4, -0.2) is 19.5 Å². The number of nitriles is 1. The molecule has 0 spiro atoms. The first-order chi connectivity index (χ1) is 25.2. The molecule has 0 N–H and O–H groups in total. The SMILES string of the molecule is N#Cc1ccccc1-c1ccc(-c2nc(-c3ccccc3)nc(-c3ccc(-c4ccccc4)cc3-n3c4ccccc4c4ccccc43)n2)cc1. The zero-order chi connectivity index (χ0) is 34.1. The maximum absolute atomic E-state index is 9.70. The van der Waals surface area contributed by atoms with E-state index in [0.717, 1.165) is 55.7 Å². The fraction of sp³-hybridized carbons (Fsp3) is 0. The van der Waals surface area contributed by atoms with Crippen molar-refractivity contribution in [1.29, 1.82) is 5.26 Å².